The highest BCUT2D eigenvalue weighted by molar-refractivity contribution is 9.10. The van der Waals surface area contributed by atoms with E-state index in [1.54, 1.807) is 0 Å². The van der Waals surface area contributed by atoms with Crippen molar-refractivity contribution in [2.75, 3.05) is 0 Å². The maximum absolute atomic E-state index is 3.64. The largest absolute Gasteiger partial charge is 0.343 e. The van der Waals surface area contributed by atoms with Gasteiger partial charge in [-0.2, -0.15) is 0 Å². The number of hydrogen-bond acceptors (Lipinski definition) is 0. The molecule has 1 aromatic heterocycles. The zero-order valence-electron chi connectivity index (χ0n) is 11.5. The molecule has 0 fully saturated rings. The quantitative estimate of drug-likeness (QED) is 0.449. The summed E-state index contributed by atoms with van der Waals surface area (Å²) in [4.78, 5) is 0. The second-order valence-corrected chi connectivity index (χ2v) is 6.11. The van der Waals surface area contributed by atoms with Gasteiger partial charge in [0, 0.05) is 22.7 Å². The third kappa shape index (κ3) is 2.16. The standard InChI is InChI=1S/C19H14BrN/c20-18-10-9-15(16-6-2-3-7-17(16)18)13-21-12-11-14-5-1-4-8-19(14)21/h1-12H,13H2. The zero-order valence-corrected chi connectivity index (χ0v) is 13.0. The minimum Gasteiger partial charge on any atom is -0.343 e. The van der Waals surface area contributed by atoms with Crippen LogP contribution in [-0.4, -0.2) is 4.57 Å². The molecule has 0 amide bonds. The van der Waals surface area contributed by atoms with Crippen LogP contribution in [0, 0.1) is 0 Å². The Kier molecular flexibility index (Phi) is 3.04. The van der Waals surface area contributed by atoms with E-state index in [2.05, 4.69) is 93.4 Å². The molecule has 102 valence electrons. The first-order valence-electron chi connectivity index (χ1n) is 7.03. The molecule has 4 aromatic rings. The summed E-state index contributed by atoms with van der Waals surface area (Å²) in [5.41, 5.74) is 2.62. The van der Waals surface area contributed by atoms with Crippen molar-refractivity contribution in [2.24, 2.45) is 0 Å². The van der Waals surface area contributed by atoms with Gasteiger partial charge in [0.25, 0.3) is 0 Å². The van der Waals surface area contributed by atoms with E-state index < -0.39 is 0 Å². The Bertz CT molecular complexity index is 937. The van der Waals surface area contributed by atoms with Gasteiger partial charge in [0.1, 0.15) is 0 Å². The molecular formula is C19H14BrN. The molecule has 3 aromatic carbocycles. The Morgan fingerprint density at radius 2 is 1.52 bits per heavy atom. The second kappa shape index (κ2) is 5.05. The molecule has 0 radical (unpaired) electrons. The lowest BCUT2D eigenvalue weighted by Crippen LogP contribution is -1.98. The van der Waals surface area contributed by atoms with Crippen LogP contribution in [0.4, 0.5) is 0 Å². The van der Waals surface area contributed by atoms with E-state index in [9.17, 15) is 0 Å². The topological polar surface area (TPSA) is 4.93 Å². The number of aromatic nitrogens is 1. The summed E-state index contributed by atoms with van der Waals surface area (Å²) in [5, 5.41) is 3.87. The predicted octanol–water partition coefficient (Wildman–Crippen LogP) is 5.61. The Morgan fingerprint density at radius 3 is 2.43 bits per heavy atom. The number of benzene rings is 3. The van der Waals surface area contributed by atoms with Crippen LogP contribution in [0.1, 0.15) is 5.56 Å². The fraction of sp³-hybridized carbons (Fsp3) is 0.0526. The molecule has 21 heavy (non-hydrogen) atoms. The summed E-state index contributed by atoms with van der Waals surface area (Å²) in [6.45, 7) is 0.890. The van der Waals surface area contributed by atoms with Crippen molar-refractivity contribution in [1.82, 2.24) is 4.57 Å². The number of halogens is 1. The first-order valence-corrected chi connectivity index (χ1v) is 7.82. The normalized spacial score (nSPS) is 11.3. The third-order valence-electron chi connectivity index (χ3n) is 3.98. The Labute approximate surface area is 132 Å². The molecule has 0 spiro atoms. The number of hydrogen-bond donors (Lipinski definition) is 0. The highest BCUT2D eigenvalue weighted by atomic mass is 79.9. The van der Waals surface area contributed by atoms with Gasteiger partial charge in [0.05, 0.1) is 0 Å². The van der Waals surface area contributed by atoms with E-state index in [4.69, 9.17) is 0 Å². The summed E-state index contributed by atoms with van der Waals surface area (Å²) < 4.78 is 3.46. The number of para-hydroxylation sites is 1. The molecule has 0 aliphatic rings. The van der Waals surface area contributed by atoms with Crippen molar-refractivity contribution in [3.63, 3.8) is 0 Å². The van der Waals surface area contributed by atoms with E-state index in [1.165, 1.54) is 27.2 Å². The van der Waals surface area contributed by atoms with Gasteiger partial charge >= 0.3 is 0 Å². The lowest BCUT2D eigenvalue weighted by Gasteiger charge is -2.10. The Hall–Kier alpha value is -2.06. The predicted molar refractivity (Wildman–Crippen MR) is 92.7 cm³/mol. The highest BCUT2D eigenvalue weighted by Gasteiger charge is 2.06. The summed E-state index contributed by atoms with van der Waals surface area (Å²) >= 11 is 3.64. The van der Waals surface area contributed by atoms with Gasteiger partial charge in [0.2, 0.25) is 0 Å². The summed E-state index contributed by atoms with van der Waals surface area (Å²) in [7, 11) is 0. The van der Waals surface area contributed by atoms with Crippen molar-refractivity contribution in [2.45, 2.75) is 6.54 Å². The lowest BCUT2D eigenvalue weighted by molar-refractivity contribution is 0.843. The number of fused-ring (bicyclic) bond motifs is 2. The Balaban J connectivity index is 1.86. The van der Waals surface area contributed by atoms with E-state index in [0.717, 1.165) is 11.0 Å². The van der Waals surface area contributed by atoms with Crippen LogP contribution >= 0.6 is 15.9 Å². The van der Waals surface area contributed by atoms with Crippen LogP contribution in [0.2, 0.25) is 0 Å². The van der Waals surface area contributed by atoms with Gasteiger partial charge in [0.15, 0.2) is 0 Å². The first-order chi connectivity index (χ1) is 10.3. The lowest BCUT2D eigenvalue weighted by atomic mass is 10.0. The molecule has 0 N–H and O–H groups in total. The summed E-state index contributed by atoms with van der Waals surface area (Å²) in [5.74, 6) is 0. The van der Waals surface area contributed by atoms with Crippen LogP contribution in [0.3, 0.4) is 0 Å². The van der Waals surface area contributed by atoms with Crippen molar-refractivity contribution in [1.29, 1.82) is 0 Å². The molecular weight excluding hydrogens is 322 g/mol. The van der Waals surface area contributed by atoms with Crippen LogP contribution in [0.25, 0.3) is 21.7 Å². The van der Waals surface area contributed by atoms with E-state index in [0.29, 0.717) is 0 Å². The second-order valence-electron chi connectivity index (χ2n) is 5.25. The molecule has 0 atom stereocenters. The fourth-order valence-electron chi connectivity index (χ4n) is 2.92. The molecule has 2 heteroatoms. The average molecular weight is 336 g/mol. The van der Waals surface area contributed by atoms with Gasteiger partial charge in [-0.1, -0.05) is 64.5 Å². The van der Waals surface area contributed by atoms with Crippen LogP contribution < -0.4 is 0 Å². The van der Waals surface area contributed by atoms with E-state index in [1.807, 2.05) is 0 Å². The highest BCUT2D eigenvalue weighted by Crippen LogP contribution is 2.28. The molecule has 0 saturated heterocycles. The minimum absolute atomic E-state index is 0.890. The van der Waals surface area contributed by atoms with Gasteiger partial charge in [-0.3, -0.25) is 0 Å². The smallest absolute Gasteiger partial charge is 0.0483 e. The van der Waals surface area contributed by atoms with Gasteiger partial charge < -0.3 is 4.57 Å². The molecule has 4 rings (SSSR count). The average Bonchev–Trinajstić information content (AvgIpc) is 2.94. The van der Waals surface area contributed by atoms with Crippen LogP contribution in [0.15, 0.2) is 77.4 Å². The van der Waals surface area contributed by atoms with Crippen molar-refractivity contribution >= 4 is 37.6 Å². The molecule has 0 saturated carbocycles. The third-order valence-corrected chi connectivity index (χ3v) is 4.67. The molecule has 0 bridgehead atoms. The van der Waals surface area contributed by atoms with Crippen molar-refractivity contribution < 1.29 is 0 Å². The maximum atomic E-state index is 3.64. The SMILES string of the molecule is Brc1ccc(Cn2ccc3ccccc32)c2ccccc12. The molecule has 0 aliphatic carbocycles. The van der Waals surface area contributed by atoms with Crippen molar-refractivity contribution in [3.8, 4) is 0 Å². The van der Waals surface area contributed by atoms with Gasteiger partial charge in [-0.15, -0.1) is 0 Å². The minimum atomic E-state index is 0.890. The van der Waals surface area contributed by atoms with E-state index >= 15 is 0 Å². The van der Waals surface area contributed by atoms with Crippen molar-refractivity contribution in [3.05, 3.63) is 83.0 Å². The zero-order chi connectivity index (χ0) is 14.2. The monoisotopic (exact) mass is 335 g/mol. The Morgan fingerprint density at radius 1 is 0.762 bits per heavy atom. The number of rotatable bonds is 2. The molecule has 0 unspecified atom stereocenters. The van der Waals surface area contributed by atoms with Crippen LogP contribution in [0.5, 0.6) is 0 Å². The molecule has 1 heterocycles. The maximum Gasteiger partial charge on any atom is 0.0483 e. The molecule has 0 aliphatic heterocycles. The van der Waals surface area contributed by atoms with E-state index in [-0.39, 0.29) is 0 Å². The molecule has 1 nitrogen and oxygen atoms in total. The number of nitrogens with zero attached hydrogens (tertiary/aromatic N) is 1. The van der Waals surface area contributed by atoms with Gasteiger partial charge in [-0.05, 0) is 39.9 Å². The summed E-state index contributed by atoms with van der Waals surface area (Å²) in [6.07, 6.45) is 2.17. The fourth-order valence-corrected chi connectivity index (χ4v) is 3.40. The summed E-state index contributed by atoms with van der Waals surface area (Å²) in [6, 6.07) is 23.6. The van der Waals surface area contributed by atoms with Gasteiger partial charge in [-0.25, -0.2) is 0 Å². The first kappa shape index (κ1) is 12.7. The van der Waals surface area contributed by atoms with Crippen LogP contribution in [-0.2, 0) is 6.54 Å².